The molecule has 5 heteroatoms. The molecule has 16 heavy (non-hydrogen) atoms. The lowest BCUT2D eigenvalue weighted by atomic mass is 9.82. The third-order valence-corrected chi connectivity index (χ3v) is 3.87. The molecule has 2 N–H and O–H groups in total. The van der Waals surface area contributed by atoms with Gasteiger partial charge >= 0.3 is 11.9 Å². The number of nitrogens with one attached hydrogen (secondary N) is 1. The summed E-state index contributed by atoms with van der Waals surface area (Å²) in [7, 11) is 2.13. The molecule has 2 atom stereocenters. The predicted octanol–water partition coefficient (Wildman–Crippen LogP) is 0.203. The Kier molecular flexibility index (Phi) is 3.14. The van der Waals surface area contributed by atoms with Crippen LogP contribution in [0.25, 0.3) is 0 Å². The summed E-state index contributed by atoms with van der Waals surface area (Å²) in [5.41, 5.74) is 0. The van der Waals surface area contributed by atoms with Crippen LogP contribution in [0.2, 0.25) is 0 Å². The second-order valence-corrected chi connectivity index (χ2v) is 4.85. The highest BCUT2D eigenvalue weighted by atomic mass is 16.4. The Bertz CT molecular complexity index is 292. The van der Waals surface area contributed by atoms with E-state index in [-0.39, 0.29) is 6.04 Å². The molecule has 0 aromatic carbocycles. The fraction of sp³-hybridized carbons (Fsp3) is 0.818. The van der Waals surface area contributed by atoms with E-state index in [2.05, 4.69) is 17.3 Å². The number of hydrogen-bond acceptors (Lipinski definition) is 3. The number of piperidine rings is 2. The molecule has 2 aliphatic heterocycles. The number of carbonyl (C=O) groups excluding carboxylic acids is 1. The molecule has 2 unspecified atom stereocenters. The molecule has 0 radical (unpaired) electrons. The molecule has 1 amide bonds. The highest BCUT2D eigenvalue weighted by Crippen LogP contribution is 2.32. The molecule has 0 aliphatic carbocycles. The molecule has 2 bridgehead atoms. The second kappa shape index (κ2) is 4.41. The van der Waals surface area contributed by atoms with E-state index in [1.165, 1.54) is 6.42 Å². The van der Waals surface area contributed by atoms with Crippen molar-refractivity contribution >= 4 is 11.9 Å². The first-order valence-corrected chi connectivity index (χ1v) is 5.83. The van der Waals surface area contributed by atoms with Crippen molar-refractivity contribution in [2.24, 2.45) is 0 Å². The molecule has 0 aromatic heterocycles. The summed E-state index contributed by atoms with van der Waals surface area (Å²) in [5.74, 6) is -2.25. The standard InChI is InChI=1S/C11H18N2O3/c1-13-8-3-2-4-9(13)6-7(5-8)12-10(14)11(15)16/h7-9H,2-6H2,1H3,(H,12,14)(H,15,16). The smallest absolute Gasteiger partial charge is 0.394 e. The van der Waals surface area contributed by atoms with E-state index in [4.69, 9.17) is 5.11 Å². The Morgan fingerprint density at radius 1 is 1.25 bits per heavy atom. The number of nitrogens with zero attached hydrogens (tertiary/aromatic N) is 1. The summed E-state index contributed by atoms with van der Waals surface area (Å²) >= 11 is 0. The van der Waals surface area contributed by atoms with Crippen molar-refractivity contribution < 1.29 is 14.7 Å². The van der Waals surface area contributed by atoms with Crippen LogP contribution >= 0.6 is 0 Å². The van der Waals surface area contributed by atoms with Gasteiger partial charge in [-0.1, -0.05) is 6.42 Å². The Morgan fingerprint density at radius 2 is 1.81 bits per heavy atom. The van der Waals surface area contributed by atoms with Gasteiger partial charge < -0.3 is 15.3 Å². The Morgan fingerprint density at radius 3 is 2.31 bits per heavy atom. The van der Waals surface area contributed by atoms with E-state index in [1.54, 1.807) is 0 Å². The quantitative estimate of drug-likeness (QED) is 0.627. The number of amides is 1. The Hall–Kier alpha value is -1.10. The molecule has 2 saturated heterocycles. The third kappa shape index (κ3) is 2.19. The molecular formula is C11H18N2O3. The third-order valence-electron chi connectivity index (χ3n) is 3.87. The predicted molar refractivity (Wildman–Crippen MR) is 58.0 cm³/mol. The summed E-state index contributed by atoms with van der Waals surface area (Å²) in [6.07, 6.45) is 5.33. The zero-order chi connectivity index (χ0) is 11.7. The lowest BCUT2D eigenvalue weighted by Crippen LogP contribution is -2.55. The zero-order valence-corrected chi connectivity index (χ0v) is 9.48. The van der Waals surface area contributed by atoms with Gasteiger partial charge in [-0.05, 0) is 32.7 Å². The van der Waals surface area contributed by atoms with Gasteiger partial charge in [-0.25, -0.2) is 4.79 Å². The maximum Gasteiger partial charge on any atom is 0.394 e. The van der Waals surface area contributed by atoms with Gasteiger partial charge in [-0.2, -0.15) is 0 Å². The summed E-state index contributed by atoms with van der Waals surface area (Å²) < 4.78 is 0. The average Bonchev–Trinajstić information content (AvgIpc) is 2.19. The van der Waals surface area contributed by atoms with Gasteiger partial charge in [0.1, 0.15) is 0 Å². The van der Waals surface area contributed by atoms with Crippen molar-refractivity contribution in [3.05, 3.63) is 0 Å². The first kappa shape index (κ1) is 11.4. The average molecular weight is 226 g/mol. The van der Waals surface area contributed by atoms with Crippen LogP contribution in [0.3, 0.4) is 0 Å². The SMILES string of the molecule is CN1C2CCCC1CC(NC(=O)C(=O)O)C2. The molecule has 2 fully saturated rings. The van der Waals surface area contributed by atoms with E-state index in [9.17, 15) is 9.59 Å². The van der Waals surface area contributed by atoms with E-state index in [1.807, 2.05) is 0 Å². The van der Waals surface area contributed by atoms with Crippen LogP contribution in [-0.4, -0.2) is 47.1 Å². The number of carbonyl (C=O) groups is 2. The fourth-order valence-electron chi connectivity index (χ4n) is 2.98. The van der Waals surface area contributed by atoms with E-state index >= 15 is 0 Å². The minimum atomic E-state index is -1.39. The maximum atomic E-state index is 11.1. The van der Waals surface area contributed by atoms with Crippen LogP contribution < -0.4 is 5.32 Å². The molecule has 2 rings (SSSR count). The summed E-state index contributed by atoms with van der Waals surface area (Å²) in [6.45, 7) is 0. The molecule has 90 valence electrons. The van der Waals surface area contributed by atoms with Gasteiger partial charge in [-0.3, -0.25) is 4.79 Å². The molecule has 0 saturated carbocycles. The number of rotatable bonds is 1. The molecular weight excluding hydrogens is 208 g/mol. The molecule has 2 aliphatic rings. The van der Waals surface area contributed by atoms with Crippen LogP contribution in [0, 0.1) is 0 Å². The van der Waals surface area contributed by atoms with Crippen LogP contribution in [0.15, 0.2) is 0 Å². The van der Waals surface area contributed by atoms with Gasteiger partial charge in [-0.15, -0.1) is 0 Å². The van der Waals surface area contributed by atoms with Crippen molar-refractivity contribution in [3.8, 4) is 0 Å². The highest BCUT2D eigenvalue weighted by molar-refractivity contribution is 6.31. The Balaban J connectivity index is 1.94. The van der Waals surface area contributed by atoms with E-state index in [0.717, 1.165) is 25.7 Å². The molecule has 0 aromatic rings. The van der Waals surface area contributed by atoms with Gasteiger partial charge in [0.25, 0.3) is 0 Å². The van der Waals surface area contributed by atoms with Crippen LogP contribution in [0.4, 0.5) is 0 Å². The molecule has 5 nitrogen and oxygen atoms in total. The van der Waals surface area contributed by atoms with Crippen molar-refractivity contribution in [1.29, 1.82) is 0 Å². The first-order valence-electron chi connectivity index (χ1n) is 5.83. The minimum absolute atomic E-state index is 0.0371. The van der Waals surface area contributed by atoms with Crippen LogP contribution in [0.1, 0.15) is 32.1 Å². The summed E-state index contributed by atoms with van der Waals surface area (Å²) in [4.78, 5) is 23.9. The van der Waals surface area contributed by atoms with E-state index < -0.39 is 11.9 Å². The molecule has 2 heterocycles. The topological polar surface area (TPSA) is 69.6 Å². The van der Waals surface area contributed by atoms with Gasteiger partial charge in [0, 0.05) is 18.1 Å². The number of carboxylic acid groups (broad SMARTS) is 1. The normalized spacial score (nSPS) is 34.4. The Labute approximate surface area is 94.8 Å². The lowest BCUT2D eigenvalue weighted by molar-refractivity contribution is -0.150. The number of hydrogen-bond donors (Lipinski definition) is 2. The van der Waals surface area contributed by atoms with E-state index in [0.29, 0.717) is 12.1 Å². The van der Waals surface area contributed by atoms with Gasteiger partial charge in [0.05, 0.1) is 0 Å². The van der Waals surface area contributed by atoms with Crippen molar-refractivity contribution in [3.63, 3.8) is 0 Å². The lowest BCUT2D eigenvalue weighted by Gasteiger charge is -2.47. The molecule has 0 spiro atoms. The number of aliphatic carboxylic acids is 1. The van der Waals surface area contributed by atoms with Gasteiger partial charge in [0.2, 0.25) is 0 Å². The van der Waals surface area contributed by atoms with Gasteiger partial charge in [0.15, 0.2) is 0 Å². The summed E-state index contributed by atoms with van der Waals surface area (Å²) in [5, 5.41) is 11.1. The fourth-order valence-corrected chi connectivity index (χ4v) is 2.98. The number of fused-ring (bicyclic) bond motifs is 2. The van der Waals surface area contributed by atoms with Crippen molar-refractivity contribution in [2.45, 2.75) is 50.2 Å². The second-order valence-electron chi connectivity index (χ2n) is 4.85. The minimum Gasteiger partial charge on any atom is -0.474 e. The van der Waals surface area contributed by atoms with Crippen LogP contribution in [0.5, 0.6) is 0 Å². The highest BCUT2D eigenvalue weighted by Gasteiger charge is 2.36. The van der Waals surface area contributed by atoms with Crippen molar-refractivity contribution in [1.82, 2.24) is 10.2 Å². The number of carboxylic acids is 1. The largest absolute Gasteiger partial charge is 0.474 e. The zero-order valence-electron chi connectivity index (χ0n) is 9.48. The summed E-state index contributed by atoms with van der Waals surface area (Å²) in [6, 6.07) is 1.05. The maximum absolute atomic E-state index is 11.1. The first-order chi connectivity index (χ1) is 7.58. The van der Waals surface area contributed by atoms with Crippen molar-refractivity contribution in [2.75, 3.05) is 7.05 Å². The monoisotopic (exact) mass is 226 g/mol. The van der Waals surface area contributed by atoms with Crippen LogP contribution in [-0.2, 0) is 9.59 Å².